The number of hydrogen-bond acceptors (Lipinski definition) is 1. The first-order valence-corrected chi connectivity index (χ1v) is 5.46. The summed E-state index contributed by atoms with van der Waals surface area (Å²) in [6.45, 7) is 1.66. The van der Waals surface area contributed by atoms with E-state index in [0.717, 1.165) is 11.0 Å². The summed E-state index contributed by atoms with van der Waals surface area (Å²) in [7, 11) is 2.84. The van der Waals surface area contributed by atoms with Gasteiger partial charge in [-0.25, -0.2) is 4.79 Å². The molecule has 0 bridgehead atoms. The van der Waals surface area contributed by atoms with E-state index < -0.39 is 17.8 Å². The zero-order valence-corrected chi connectivity index (χ0v) is 10.4. The van der Waals surface area contributed by atoms with Crippen molar-refractivity contribution in [1.82, 2.24) is 5.32 Å². The molecule has 0 unspecified atom stereocenters. The summed E-state index contributed by atoms with van der Waals surface area (Å²) in [5.74, 6) is 0. The van der Waals surface area contributed by atoms with Crippen LogP contribution in [0.4, 0.5) is 23.7 Å². The van der Waals surface area contributed by atoms with Crippen molar-refractivity contribution in [3.63, 3.8) is 0 Å². The number of halogens is 3. The number of alkyl halides is 3. The van der Waals surface area contributed by atoms with Crippen molar-refractivity contribution in [2.75, 3.05) is 19.0 Å². The van der Waals surface area contributed by atoms with Crippen LogP contribution in [0.3, 0.4) is 0 Å². The summed E-state index contributed by atoms with van der Waals surface area (Å²) in [5, 5.41) is 2.36. The van der Waals surface area contributed by atoms with E-state index in [1.165, 1.54) is 26.2 Å². The number of urea groups is 1. The number of rotatable bonds is 2. The molecule has 0 spiro atoms. The number of benzene rings is 1. The predicted octanol–water partition coefficient (Wildman–Crippen LogP) is 3.04. The molecule has 6 heteroatoms. The van der Waals surface area contributed by atoms with E-state index in [-0.39, 0.29) is 11.3 Å². The number of aryl methyl sites for hydroxylation is 1. The van der Waals surface area contributed by atoms with Gasteiger partial charge in [-0.1, -0.05) is 13.0 Å². The van der Waals surface area contributed by atoms with E-state index in [4.69, 9.17) is 0 Å². The van der Waals surface area contributed by atoms with Crippen molar-refractivity contribution < 1.29 is 18.0 Å². The van der Waals surface area contributed by atoms with E-state index in [1.54, 1.807) is 6.92 Å². The second-order valence-electron chi connectivity index (χ2n) is 3.81. The van der Waals surface area contributed by atoms with Gasteiger partial charge < -0.3 is 5.32 Å². The smallest absolute Gasteiger partial charge is 0.341 e. The van der Waals surface area contributed by atoms with E-state index in [9.17, 15) is 18.0 Å². The Bertz CT molecular complexity index is 443. The third kappa shape index (κ3) is 2.94. The van der Waals surface area contributed by atoms with Crippen LogP contribution in [0.15, 0.2) is 18.2 Å². The molecule has 0 aliphatic carbocycles. The van der Waals surface area contributed by atoms with Crippen molar-refractivity contribution in [2.24, 2.45) is 0 Å². The Morgan fingerprint density at radius 2 is 2.00 bits per heavy atom. The number of carbonyl (C=O) groups is 1. The molecule has 0 radical (unpaired) electrons. The summed E-state index contributed by atoms with van der Waals surface area (Å²) in [4.78, 5) is 12.5. The first kappa shape index (κ1) is 14.3. The van der Waals surface area contributed by atoms with E-state index in [0.29, 0.717) is 6.42 Å². The first-order chi connectivity index (χ1) is 8.31. The van der Waals surface area contributed by atoms with Crippen LogP contribution in [0.2, 0.25) is 0 Å². The quantitative estimate of drug-likeness (QED) is 0.871. The molecule has 0 fully saturated rings. The highest BCUT2D eigenvalue weighted by Gasteiger charge is 2.33. The molecule has 1 aromatic rings. The fourth-order valence-corrected chi connectivity index (χ4v) is 1.63. The van der Waals surface area contributed by atoms with Gasteiger partial charge in [0.05, 0.1) is 5.56 Å². The minimum Gasteiger partial charge on any atom is -0.341 e. The van der Waals surface area contributed by atoms with Crippen molar-refractivity contribution >= 4 is 11.7 Å². The van der Waals surface area contributed by atoms with Crippen LogP contribution in [0.1, 0.15) is 18.1 Å². The van der Waals surface area contributed by atoms with Gasteiger partial charge in [-0.15, -0.1) is 0 Å². The molecule has 1 aromatic carbocycles. The van der Waals surface area contributed by atoms with Crippen molar-refractivity contribution in [1.29, 1.82) is 0 Å². The third-order valence-corrected chi connectivity index (χ3v) is 2.69. The lowest BCUT2D eigenvalue weighted by molar-refractivity contribution is -0.138. The summed E-state index contributed by atoms with van der Waals surface area (Å²) in [6, 6.07) is 3.43. The van der Waals surface area contributed by atoms with Gasteiger partial charge in [0, 0.05) is 19.8 Å². The Labute approximate surface area is 104 Å². The van der Waals surface area contributed by atoms with Crippen LogP contribution in [-0.2, 0) is 12.6 Å². The molecule has 100 valence electrons. The van der Waals surface area contributed by atoms with Crippen LogP contribution in [0.25, 0.3) is 0 Å². The zero-order chi connectivity index (χ0) is 13.9. The minimum atomic E-state index is -4.41. The number of carbonyl (C=O) groups excluding carboxylic acids is 1. The van der Waals surface area contributed by atoms with Crippen molar-refractivity contribution in [3.8, 4) is 0 Å². The standard InChI is InChI=1S/C12H15F3N2O/c1-4-8-5-6-9(17(3)11(18)16-2)7-10(8)12(13,14)15/h5-7H,4H2,1-3H3,(H,16,18). The van der Waals surface area contributed by atoms with Crippen molar-refractivity contribution in [3.05, 3.63) is 29.3 Å². The lowest BCUT2D eigenvalue weighted by Crippen LogP contribution is -2.34. The van der Waals surface area contributed by atoms with Crippen LogP contribution in [0, 0.1) is 0 Å². The topological polar surface area (TPSA) is 32.3 Å². The average molecular weight is 260 g/mol. The second-order valence-corrected chi connectivity index (χ2v) is 3.81. The van der Waals surface area contributed by atoms with Crippen LogP contribution < -0.4 is 10.2 Å². The monoisotopic (exact) mass is 260 g/mol. The summed E-state index contributed by atoms with van der Waals surface area (Å²) in [6.07, 6.45) is -4.12. The molecule has 0 heterocycles. The molecular formula is C12H15F3N2O. The lowest BCUT2D eigenvalue weighted by Gasteiger charge is -2.20. The Kier molecular flexibility index (Phi) is 4.21. The van der Waals surface area contributed by atoms with Gasteiger partial charge in [-0.2, -0.15) is 13.2 Å². The van der Waals surface area contributed by atoms with Gasteiger partial charge in [0.15, 0.2) is 0 Å². The predicted molar refractivity (Wildman–Crippen MR) is 63.7 cm³/mol. The van der Waals surface area contributed by atoms with Gasteiger partial charge in [-0.05, 0) is 24.1 Å². The Morgan fingerprint density at radius 1 is 1.39 bits per heavy atom. The SMILES string of the molecule is CCc1ccc(N(C)C(=O)NC)cc1C(F)(F)F. The molecule has 0 atom stereocenters. The molecule has 3 nitrogen and oxygen atoms in total. The fourth-order valence-electron chi connectivity index (χ4n) is 1.63. The van der Waals surface area contributed by atoms with Crippen molar-refractivity contribution in [2.45, 2.75) is 19.5 Å². The van der Waals surface area contributed by atoms with Gasteiger partial charge in [0.1, 0.15) is 0 Å². The molecule has 0 aliphatic heterocycles. The zero-order valence-electron chi connectivity index (χ0n) is 10.4. The number of hydrogen-bond donors (Lipinski definition) is 1. The molecule has 0 aromatic heterocycles. The van der Waals surface area contributed by atoms with Crippen LogP contribution >= 0.6 is 0 Å². The normalized spacial score (nSPS) is 11.2. The van der Waals surface area contributed by atoms with Gasteiger partial charge in [0.25, 0.3) is 0 Å². The Balaban J connectivity index is 3.23. The number of anilines is 1. The van der Waals surface area contributed by atoms with E-state index >= 15 is 0 Å². The van der Waals surface area contributed by atoms with Crippen LogP contribution in [0.5, 0.6) is 0 Å². The van der Waals surface area contributed by atoms with E-state index in [2.05, 4.69) is 5.32 Å². The van der Waals surface area contributed by atoms with Gasteiger partial charge in [0.2, 0.25) is 0 Å². The molecule has 2 amide bonds. The highest BCUT2D eigenvalue weighted by molar-refractivity contribution is 5.91. The molecule has 0 aliphatic rings. The molecule has 1 N–H and O–H groups in total. The summed E-state index contributed by atoms with van der Waals surface area (Å²) in [5.41, 5.74) is -0.270. The van der Waals surface area contributed by atoms with E-state index in [1.807, 2.05) is 0 Å². The number of nitrogens with one attached hydrogen (secondary N) is 1. The van der Waals surface area contributed by atoms with Crippen LogP contribution in [-0.4, -0.2) is 20.1 Å². The minimum absolute atomic E-state index is 0.207. The maximum atomic E-state index is 12.8. The number of nitrogens with zero attached hydrogens (tertiary/aromatic N) is 1. The first-order valence-electron chi connectivity index (χ1n) is 5.46. The second kappa shape index (κ2) is 5.29. The highest BCUT2D eigenvalue weighted by Crippen LogP contribution is 2.34. The third-order valence-electron chi connectivity index (χ3n) is 2.69. The Hall–Kier alpha value is -1.72. The average Bonchev–Trinajstić information content (AvgIpc) is 2.35. The van der Waals surface area contributed by atoms with Gasteiger partial charge in [-0.3, -0.25) is 4.90 Å². The Morgan fingerprint density at radius 3 is 2.44 bits per heavy atom. The highest BCUT2D eigenvalue weighted by atomic mass is 19.4. The summed E-state index contributed by atoms with van der Waals surface area (Å²) >= 11 is 0. The molecule has 0 saturated carbocycles. The largest absolute Gasteiger partial charge is 0.416 e. The van der Waals surface area contributed by atoms with Gasteiger partial charge >= 0.3 is 12.2 Å². The number of amides is 2. The molecule has 18 heavy (non-hydrogen) atoms. The molecule has 1 rings (SSSR count). The maximum absolute atomic E-state index is 12.8. The fraction of sp³-hybridized carbons (Fsp3) is 0.417. The summed E-state index contributed by atoms with van der Waals surface area (Å²) < 4.78 is 38.5. The lowest BCUT2D eigenvalue weighted by atomic mass is 10.0. The molecular weight excluding hydrogens is 245 g/mol. The maximum Gasteiger partial charge on any atom is 0.416 e. The molecule has 0 saturated heterocycles.